The van der Waals surface area contributed by atoms with E-state index in [9.17, 15) is 26.7 Å². The van der Waals surface area contributed by atoms with Gasteiger partial charge in [0.25, 0.3) is 5.91 Å². The maximum absolute atomic E-state index is 14.0. The van der Waals surface area contributed by atoms with E-state index in [4.69, 9.17) is 0 Å². The summed E-state index contributed by atoms with van der Waals surface area (Å²) >= 11 is 0. The Bertz CT molecular complexity index is 1300. The molecule has 4 aromatic rings. The van der Waals surface area contributed by atoms with Crippen LogP contribution in [-0.4, -0.2) is 48.4 Å². The fraction of sp³-hybridized carbons (Fsp3) is 0.238. The summed E-state index contributed by atoms with van der Waals surface area (Å²) in [5.41, 5.74) is -0.474. The molecule has 0 unspecified atom stereocenters. The van der Waals surface area contributed by atoms with Crippen LogP contribution in [0.4, 0.5) is 22.0 Å². The number of amides is 1. The summed E-state index contributed by atoms with van der Waals surface area (Å²) in [6.07, 6.45) is -2.41. The monoisotopic (exact) mass is 464 g/mol. The number of halogens is 5. The van der Waals surface area contributed by atoms with Crippen LogP contribution in [0.2, 0.25) is 0 Å². The molecule has 0 aliphatic heterocycles. The van der Waals surface area contributed by atoms with Gasteiger partial charge in [0.05, 0.1) is 5.69 Å². The Kier molecular flexibility index (Phi) is 5.38. The first-order valence-corrected chi connectivity index (χ1v) is 9.64. The lowest BCUT2D eigenvalue weighted by atomic mass is 10.2. The highest BCUT2D eigenvalue weighted by molar-refractivity contribution is 5.93. The van der Waals surface area contributed by atoms with Gasteiger partial charge in [-0.25, -0.2) is 14.2 Å². The fourth-order valence-corrected chi connectivity index (χ4v) is 3.29. The summed E-state index contributed by atoms with van der Waals surface area (Å²) in [6, 6.07) is 10.7. The Morgan fingerprint density at radius 2 is 1.79 bits per heavy atom. The highest BCUT2D eigenvalue weighted by Gasteiger charge is 2.60. The molecule has 0 bridgehead atoms. The van der Waals surface area contributed by atoms with E-state index in [1.54, 1.807) is 35.3 Å². The van der Waals surface area contributed by atoms with Crippen molar-refractivity contribution >= 4 is 11.6 Å². The standard InChI is InChI=1S/C21H17F5N6O/c1-13-10-17(20(22,23)21(24,25)26)32-18(28-13)11-16(29-32)19(33)30(2)12-14-4-6-15(7-5-14)31-9-3-8-27-31/h3-11H,12H2,1-2H3. The molecule has 1 amide bonds. The molecule has 0 saturated heterocycles. The topological polar surface area (TPSA) is 68.3 Å². The number of nitrogens with zero attached hydrogens (tertiary/aromatic N) is 6. The lowest BCUT2D eigenvalue weighted by Crippen LogP contribution is -2.36. The average molecular weight is 464 g/mol. The Morgan fingerprint density at radius 3 is 2.39 bits per heavy atom. The number of alkyl halides is 5. The Hall–Kier alpha value is -3.83. The molecule has 0 saturated carbocycles. The van der Waals surface area contributed by atoms with Crippen molar-refractivity contribution in [2.45, 2.75) is 25.6 Å². The second kappa shape index (κ2) is 7.94. The van der Waals surface area contributed by atoms with Crippen LogP contribution in [0.15, 0.2) is 54.9 Å². The zero-order valence-corrected chi connectivity index (χ0v) is 17.4. The maximum Gasteiger partial charge on any atom is 0.459 e. The van der Waals surface area contributed by atoms with Crippen molar-refractivity contribution in [1.29, 1.82) is 0 Å². The largest absolute Gasteiger partial charge is 0.459 e. The van der Waals surface area contributed by atoms with Gasteiger partial charge in [0, 0.05) is 37.7 Å². The zero-order valence-electron chi connectivity index (χ0n) is 17.4. The van der Waals surface area contributed by atoms with Crippen molar-refractivity contribution in [3.63, 3.8) is 0 Å². The third-order valence-electron chi connectivity index (χ3n) is 4.92. The van der Waals surface area contributed by atoms with Crippen LogP contribution in [0.5, 0.6) is 0 Å². The van der Waals surface area contributed by atoms with E-state index in [2.05, 4.69) is 15.2 Å². The molecule has 0 spiro atoms. The Labute approximate surface area is 184 Å². The number of benzene rings is 1. The van der Waals surface area contributed by atoms with Crippen molar-refractivity contribution in [1.82, 2.24) is 29.3 Å². The van der Waals surface area contributed by atoms with Crippen LogP contribution in [0.1, 0.15) is 27.4 Å². The summed E-state index contributed by atoms with van der Waals surface area (Å²) < 4.78 is 68.9. The summed E-state index contributed by atoms with van der Waals surface area (Å²) in [5.74, 6) is -5.83. The first kappa shape index (κ1) is 22.4. The van der Waals surface area contributed by atoms with Crippen LogP contribution in [-0.2, 0) is 12.5 Å². The maximum atomic E-state index is 14.0. The van der Waals surface area contributed by atoms with Gasteiger partial charge in [0.1, 0.15) is 5.69 Å². The van der Waals surface area contributed by atoms with Gasteiger partial charge < -0.3 is 4.90 Å². The van der Waals surface area contributed by atoms with Crippen LogP contribution >= 0.6 is 0 Å². The number of fused-ring (bicyclic) bond motifs is 1. The van der Waals surface area contributed by atoms with Gasteiger partial charge in [-0.1, -0.05) is 12.1 Å². The summed E-state index contributed by atoms with van der Waals surface area (Å²) in [6.45, 7) is 1.44. The number of rotatable bonds is 5. The number of aryl methyl sites for hydroxylation is 1. The first-order valence-electron chi connectivity index (χ1n) is 9.64. The van der Waals surface area contributed by atoms with E-state index in [-0.39, 0.29) is 23.6 Å². The Balaban J connectivity index is 1.60. The predicted octanol–water partition coefficient (Wildman–Crippen LogP) is 4.15. The van der Waals surface area contributed by atoms with E-state index in [0.29, 0.717) is 10.6 Å². The highest BCUT2D eigenvalue weighted by Crippen LogP contribution is 2.43. The second-order valence-electron chi connectivity index (χ2n) is 7.43. The van der Waals surface area contributed by atoms with Gasteiger partial charge in [0.2, 0.25) is 0 Å². The van der Waals surface area contributed by atoms with Crippen molar-refractivity contribution in [2.75, 3.05) is 7.05 Å². The summed E-state index contributed by atoms with van der Waals surface area (Å²) in [5, 5.41) is 7.84. The molecule has 33 heavy (non-hydrogen) atoms. The van der Waals surface area contributed by atoms with Crippen molar-refractivity contribution < 1.29 is 26.7 Å². The predicted molar refractivity (Wildman–Crippen MR) is 107 cm³/mol. The average Bonchev–Trinajstić information content (AvgIpc) is 3.42. The first-order chi connectivity index (χ1) is 15.5. The minimum Gasteiger partial charge on any atom is -0.336 e. The minimum atomic E-state index is -5.83. The molecular weight excluding hydrogens is 447 g/mol. The number of hydrogen-bond acceptors (Lipinski definition) is 4. The third-order valence-corrected chi connectivity index (χ3v) is 4.92. The molecule has 1 aromatic carbocycles. The molecule has 0 fully saturated rings. The SMILES string of the molecule is Cc1cc(C(F)(F)C(F)(F)F)n2nc(C(=O)N(C)Cc3ccc(-n4cccn4)cc3)cc2n1. The minimum absolute atomic E-state index is 0.0639. The molecule has 0 aliphatic carbocycles. The molecule has 0 aliphatic rings. The van der Waals surface area contributed by atoms with E-state index in [1.165, 1.54) is 18.9 Å². The summed E-state index contributed by atoms with van der Waals surface area (Å²) in [4.78, 5) is 18.0. The Morgan fingerprint density at radius 1 is 1.09 bits per heavy atom. The number of aromatic nitrogens is 5. The van der Waals surface area contributed by atoms with Crippen molar-refractivity contribution in [3.8, 4) is 5.69 Å². The molecular formula is C21H17F5N6O. The van der Waals surface area contributed by atoms with Gasteiger partial charge in [0.15, 0.2) is 11.3 Å². The lowest BCUT2D eigenvalue weighted by Gasteiger charge is -2.20. The molecule has 3 aromatic heterocycles. The number of carbonyl (C=O) groups is 1. The second-order valence-corrected chi connectivity index (χ2v) is 7.43. The van der Waals surface area contributed by atoms with Gasteiger partial charge in [-0.15, -0.1) is 0 Å². The highest BCUT2D eigenvalue weighted by atomic mass is 19.4. The smallest absolute Gasteiger partial charge is 0.336 e. The third kappa shape index (κ3) is 4.15. The van der Waals surface area contributed by atoms with Gasteiger partial charge in [-0.05, 0) is 36.8 Å². The van der Waals surface area contributed by atoms with Crippen LogP contribution in [0.3, 0.4) is 0 Å². The molecule has 3 heterocycles. The number of carbonyl (C=O) groups excluding carboxylic acids is 1. The van der Waals surface area contributed by atoms with Crippen LogP contribution in [0, 0.1) is 6.92 Å². The molecule has 0 radical (unpaired) electrons. The van der Waals surface area contributed by atoms with E-state index in [1.807, 2.05) is 12.1 Å². The zero-order chi connectivity index (χ0) is 24.0. The molecule has 12 heteroatoms. The van der Waals surface area contributed by atoms with Crippen molar-refractivity contribution in [3.05, 3.63) is 77.5 Å². The van der Waals surface area contributed by atoms with E-state index >= 15 is 0 Å². The summed E-state index contributed by atoms with van der Waals surface area (Å²) in [7, 11) is 1.47. The quantitative estimate of drug-likeness (QED) is 0.416. The number of hydrogen-bond donors (Lipinski definition) is 0. The molecule has 0 atom stereocenters. The van der Waals surface area contributed by atoms with Crippen LogP contribution < -0.4 is 0 Å². The molecule has 4 rings (SSSR count). The molecule has 7 nitrogen and oxygen atoms in total. The fourth-order valence-electron chi connectivity index (χ4n) is 3.29. The van der Waals surface area contributed by atoms with E-state index in [0.717, 1.165) is 17.3 Å². The molecule has 0 N–H and O–H groups in total. The van der Waals surface area contributed by atoms with Crippen LogP contribution in [0.25, 0.3) is 11.3 Å². The van der Waals surface area contributed by atoms with Gasteiger partial charge >= 0.3 is 12.1 Å². The van der Waals surface area contributed by atoms with Gasteiger partial charge in [-0.3, -0.25) is 4.79 Å². The lowest BCUT2D eigenvalue weighted by molar-refractivity contribution is -0.291. The van der Waals surface area contributed by atoms with Gasteiger partial charge in [-0.2, -0.15) is 32.1 Å². The van der Waals surface area contributed by atoms with E-state index < -0.39 is 23.7 Å². The molecule has 172 valence electrons. The normalized spacial score (nSPS) is 12.3. The van der Waals surface area contributed by atoms with Crippen molar-refractivity contribution in [2.24, 2.45) is 0 Å².